The number of hydrogen-bond acceptors (Lipinski definition) is 1. The Balaban J connectivity index is 1.63. The Morgan fingerprint density at radius 2 is 1.86 bits per heavy atom. The van der Waals surface area contributed by atoms with Gasteiger partial charge < -0.3 is 4.74 Å². The van der Waals surface area contributed by atoms with Gasteiger partial charge in [-0.3, -0.25) is 0 Å². The van der Waals surface area contributed by atoms with E-state index in [1.54, 1.807) is 0 Å². The van der Waals surface area contributed by atoms with Crippen molar-refractivity contribution in [1.29, 1.82) is 0 Å². The average molecular weight is 410 g/mol. The van der Waals surface area contributed by atoms with E-state index in [0.29, 0.717) is 12.0 Å². The second kappa shape index (κ2) is 6.97. The van der Waals surface area contributed by atoms with Crippen molar-refractivity contribution in [2.45, 2.75) is 25.4 Å². The highest BCUT2D eigenvalue weighted by atomic mass is 79.9. The Hall–Kier alpha value is -0.800. The van der Waals surface area contributed by atoms with Crippen LogP contribution >= 0.6 is 31.9 Å². The van der Waals surface area contributed by atoms with Crippen molar-refractivity contribution in [3.63, 3.8) is 0 Å². The highest BCUT2D eigenvalue weighted by molar-refractivity contribution is 9.10. The van der Waals surface area contributed by atoms with Crippen LogP contribution in [0.3, 0.4) is 0 Å². The monoisotopic (exact) mass is 408 g/mol. The number of ether oxygens (including phenoxy) is 1. The Labute approximate surface area is 143 Å². The van der Waals surface area contributed by atoms with Crippen LogP contribution in [-0.4, -0.2) is 11.4 Å². The lowest BCUT2D eigenvalue weighted by Crippen LogP contribution is -2.20. The average Bonchev–Trinajstić information content (AvgIpc) is 2.91. The van der Waals surface area contributed by atoms with Gasteiger partial charge in [0.15, 0.2) is 0 Å². The maximum Gasteiger partial charge on any atom is 0.123 e. The fourth-order valence-corrected chi connectivity index (χ4v) is 3.87. The lowest BCUT2D eigenvalue weighted by Gasteiger charge is -2.19. The molecule has 21 heavy (non-hydrogen) atoms. The van der Waals surface area contributed by atoms with E-state index in [4.69, 9.17) is 4.74 Å². The van der Waals surface area contributed by atoms with Gasteiger partial charge in [0.05, 0.1) is 0 Å². The Bertz CT molecular complexity index is 587. The molecule has 1 aliphatic rings. The molecule has 2 aromatic carbocycles. The van der Waals surface area contributed by atoms with E-state index in [1.807, 2.05) is 6.07 Å². The van der Waals surface area contributed by atoms with Crippen molar-refractivity contribution in [3.8, 4) is 5.75 Å². The molecular weight excluding hydrogens is 392 g/mol. The molecule has 0 saturated carbocycles. The number of rotatable bonds is 5. The zero-order valence-electron chi connectivity index (χ0n) is 11.8. The van der Waals surface area contributed by atoms with Crippen molar-refractivity contribution < 1.29 is 4.74 Å². The van der Waals surface area contributed by atoms with E-state index in [-0.39, 0.29) is 0 Å². The first-order chi connectivity index (χ1) is 10.3. The molecule has 0 radical (unpaired) electrons. The number of para-hydroxylation sites is 1. The molecule has 0 amide bonds. The molecule has 0 aliphatic carbocycles. The summed E-state index contributed by atoms with van der Waals surface area (Å²) in [6, 6.07) is 16.9. The summed E-state index contributed by atoms with van der Waals surface area (Å²) in [6.45, 7) is 0. The fraction of sp³-hybridized carbons (Fsp3) is 0.333. The van der Waals surface area contributed by atoms with Gasteiger partial charge in [-0.05, 0) is 42.0 Å². The van der Waals surface area contributed by atoms with E-state index in [9.17, 15) is 0 Å². The molecule has 0 spiro atoms. The smallest absolute Gasteiger partial charge is 0.123 e. The first kappa shape index (κ1) is 15.1. The molecular formula is C18H18Br2O. The molecule has 0 bridgehead atoms. The van der Waals surface area contributed by atoms with Crippen LogP contribution < -0.4 is 4.74 Å². The Morgan fingerprint density at radius 3 is 2.62 bits per heavy atom. The quantitative estimate of drug-likeness (QED) is 0.601. The molecule has 0 N–H and O–H groups in total. The minimum absolute atomic E-state index is 0.312. The molecule has 1 aliphatic heterocycles. The summed E-state index contributed by atoms with van der Waals surface area (Å²) in [5.41, 5.74) is 2.72. The third-order valence-corrected chi connectivity index (χ3v) is 5.68. The standard InChI is InChI=1S/C18H18Br2O/c19-12-13(9-14-5-1-3-7-17(14)20)10-16-11-15-6-2-4-8-18(15)21-16/h1-8,13,16H,9-12H2. The Kier molecular flexibility index (Phi) is 5.02. The normalized spacial score (nSPS) is 18.1. The summed E-state index contributed by atoms with van der Waals surface area (Å²) in [5, 5.41) is 1.00. The van der Waals surface area contributed by atoms with Crippen LogP contribution in [0, 0.1) is 5.92 Å². The van der Waals surface area contributed by atoms with E-state index in [0.717, 1.165) is 30.3 Å². The molecule has 1 nitrogen and oxygen atoms in total. The second-order valence-corrected chi connectivity index (χ2v) is 7.11. The van der Waals surface area contributed by atoms with E-state index in [1.165, 1.54) is 15.6 Å². The Morgan fingerprint density at radius 1 is 1.10 bits per heavy atom. The summed E-state index contributed by atoms with van der Waals surface area (Å²) < 4.78 is 7.28. The zero-order chi connectivity index (χ0) is 14.7. The molecule has 3 rings (SSSR count). The summed E-state index contributed by atoms with van der Waals surface area (Å²) in [6.07, 6.45) is 3.51. The molecule has 110 valence electrons. The van der Waals surface area contributed by atoms with Crippen LogP contribution in [0.5, 0.6) is 5.75 Å². The van der Waals surface area contributed by atoms with Crippen molar-refractivity contribution in [2.75, 3.05) is 5.33 Å². The highest BCUT2D eigenvalue weighted by Gasteiger charge is 2.25. The number of alkyl halides is 1. The van der Waals surface area contributed by atoms with Crippen LogP contribution in [0.1, 0.15) is 17.5 Å². The van der Waals surface area contributed by atoms with Crippen molar-refractivity contribution in [3.05, 3.63) is 64.1 Å². The first-order valence-corrected chi connectivity index (χ1v) is 9.21. The van der Waals surface area contributed by atoms with Crippen molar-refractivity contribution in [1.82, 2.24) is 0 Å². The molecule has 0 fully saturated rings. The number of halogens is 2. The van der Waals surface area contributed by atoms with Crippen LogP contribution in [-0.2, 0) is 12.8 Å². The highest BCUT2D eigenvalue weighted by Crippen LogP contribution is 2.32. The largest absolute Gasteiger partial charge is 0.490 e. The first-order valence-electron chi connectivity index (χ1n) is 7.30. The minimum Gasteiger partial charge on any atom is -0.490 e. The van der Waals surface area contributed by atoms with Crippen LogP contribution in [0.4, 0.5) is 0 Å². The molecule has 3 heteroatoms. The third-order valence-electron chi connectivity index (χ3n) is 3.99. The molecule has 2 atom stereocenters. The number of hydrogen-bond donors (Lipinski definition) is 0. The molecule has 0 saturated heterocycles. The zero-order valence-corrected chi connectivity index (χ0v) is 14.9. The van der Waals surface area contributed by atoms with Gasteiger partial charge in [0.25, 0.3) is 0 Å². The van der Waals surface area contributed by atoms with E-state index < -0.39 is 0 Å². The minimum atomic E-state index is 0.312. The predicted molar refractivity (Wildman–Crippen MR) is 94.3 cm³/mol. The van der Waals surface area contributed by atoms with Crippen molar-refractivity contribution in [2.24, 2.45) is 5.92 Å². The predicted octanol–water partition coefficient (Wildman–Crippen LogP) is 5.40. The molecule has 1 heterocycles. The lowest BCUT2D eigenvalue weighted by molar-refractivity contribution is 0.199. The van der Waals surface area contributed by atoms with Crippen LogP contribution in [0.25, 0.3) is 0 Å². The molecule has 0 aromatic heterocycles. The summed E-state index contributed by atoms with van der Waals surface area (Å²) >= 11 is 7.31. The van der Waals surface area contributed by atoms with Crippen molar-refractivity contribution >= 4 is 31.9 Å². The van der Waals surface area contributed by atoms with Gasteiger partial charge in [-0.1, -0.05) is 68.3 Å². The second-order valence-electron chi connectivity index (χ2n) is 5.60. The molecule has 2 unspecified atom stereocenters. The van der Waals surface area contributed by atoms with Gasteiger partial charge in [-0.25, -0.2) is 0 Å². The molecule has 2 aromatic rings. The fourth-order valence-electron chi connectivity index (χ4n) is 2.93. The van der Waals surface area contributed by atoms with Gasteiger partial charge in [0.1, 0.15) is 11.9 Å². The van der Waals surface area contributed by atoms with Crippen LogP contribution in [0.2, 0.25) is 0 Å². The maximum atomic E-state index is 6.07. The lowest BCUT2D eigenvalue weighted by atomic mass is 9.94. The van der Waals surface area contributed by atoms with Gasteiger partial charge in [-0.2, -0.15) is 0 Å². The van der Waals surface area contributed by atoms with Crippen LogP contribution in [0.15, 0.2) is 53.0 Å². The van der Waals surface area contributed by atoms with Gasteiger partial charge in [-0.15, -0.1) is 0 Å². The summed E-state index contributed by atoms with van der Waals surface area (Å²) in [5.74, 6) is 1.65. The van der Waals surface area contributed by atoms with E-state index in [2.05, 4.69) is 74.3 Å². The van der Waals surface area contributed by atoms with Gasteiger partial charge in [0, 0.05) is 16.2 Å². The van der Waals surface area contributed by atoms with E-state index >= 15 is 0 Å². The SMILES string of the molecule is BrCC(Cc1ccccc1Br)CC1Cc2ccccc2O1. The maximum absolute atomic E-state index is 6.07. The third kappa shape index (κ3) is 3.70. The summed E-state index contributed by atoms with van der Waals surface area (Å²) in [4.78, 5) is 0. The van der Waals surface area contributed by atoms with Gasteiger partial charge in [0.2, 0.25) is 0 Å². The number of fused-ring (bicyclic) bond motifs is 1. The summed E-state index contributed by atoms with van der Waals surface area (Å²) in [7, 11) is 0. The number of benzene rings is 2. The van der Waals surface area contributed by atoms with Gasteiger partial charge >= 0.3 is 0 Å². The topological polar surface area (TPSA) is 9.23 Å².